The Balaban J connectivity index is 2.34. The smallest absolute Gasteiger partial charge is 0.242 e. The largest absolute Gasteiger partial charge is 0.342 e. The summed E-state index contributed by atoms with van der Waals surface area (Å²) in [4.78, 5) is 21.2. The first kappa shape index (κ1) is 12.8. The summed E-state index contributed by atoms with van der Waals surface area (Å²) >= 11 is 5.23. The molecule has 2 rings (SSSR count). The summed E-state index contributed by atoms with van der Waals surface area (Å²) in [6, 6.07) is 3.74. The number of likely N-dealkylation sites (N-methyl/N-ethyl adjacent to an activating group) is 1. The van der Waals surface area contributed by atoms with Gasteiger partial charge < -0.3 is 9.88 Å². The molecule has 0 aliphatic heterocycles. The molecule has 2 aromatic rings. The summed E-state index contributed by atoms with van der Waals surface area (Å²) in [6.07, 6.45) is 1.70. The van der Waals surface area contributed by atoms with Crippen LogP contribution in [0.2, 0.25) is 0 Å². The van der Waals surface area contributed by atoms with Gasteiger partial charge in [0.1, 0.15) is 6.54 Å². The van der Waals surface area contributed by atoms with Crippen molar-refractivity contribution in [2.24, 2.45) is 0 Å². The minimum absolute atomic E-state index is 0.0580. The highest BCUT2D eigenvalue weighted by molar-refractivity contribution is 7.71. The molecule has 2 aromatic heterocycles. The topological polar surface area (TPSA) is 53.9 Å². The first-order valence-electron chi connectivity index (χ1n) is 5.98. The number of carbonyl (C=O) groups is 1. The Bertz CT molecular complexity index is 612. The van der Waals surface area contributed by atoms with Gasteiger partial charge >= 0.3 is 0 Å². The van der Waals surface area contributed by atoms with Gasteiger partial charge in [-0.05, 0) is 38.2 Å². The Morgan fingerprint density at radius 1 is 1.50 bits per heavy atom. The number of hydrogen-bond acceptors (Lipinski definition) is 3. The normalized spacial score (nSPS) is 10.8. The fourth-order valence-electron chi connectivity index (χ4n) is 1.95. The zero-order chi connectivity index (χ0) is 13.1. The Morgan fingerprint density at radius 2 is 2.22 bits per heavy atom. The van der Waals surface area contributed by atoms with Gasteiger partial charge in [-0.1, -0.05) is 0 Å². The molecule has 96 valence electrons. The highest BCUT2D eigenvalue weighted by atomic mass is 32.1. The fraction of sp³-hybridized carbons (Fsp3) is 0.417. The summed E-state index contributed by atoms with van der Waals surface area (Å²) < 4.78 is 2.27. The molecule has 0 saturated heterocycles. The predicted molar refractivity (Wildman–Crippen MR) is 72.8 cm³/mol. The average molecular weight is 264 g/mol. The van der Waals surface area contributed by atoms with E-state index in [0.717, 1.165) is 11.2 Å². The highest BCUT2D eigenvalue weighted by Gasteiger charge is 2.13. The van der Waals surface area contributed by atoms with Gasteiger partial charge in [0.05, 0.1) is 5.52 Å². The number of aromatic nitrogens is 3. The minimum atomic E-state index is 0.0580. The van der Waals surface area contributed by atoms with Crippen LogP contribution in [0.1, 0.15) is 13.8 Å². The molecule has 0 aliphatic carbocycles. The number of pyridine rings is 1. The maximum absolute atomic E-state index is 12.1. The first-order valence-corrected chi connectivity index (χ1v) is 6.39. The van der Waals surface area contributed by atoms with E-state index < -0.39 is 0 Å². The molecule has 6 heteroatoms. The Kier molecular flexibility index (Phi) is 3.76. The third-order valence-corrected chi connectivity index (χ3v) is 3.26. The number of fused-ring (bicyclic) bond motifs is 1. The van der Waals surface area contributed by atoms with Crippen LogP contribution in [-0.4, -0.2) is 38.4 Å². The van der Waals surface area contributed by atoms with Crippen LogP contribution < -0.4 is 0 Å². The van der Waals surface area contributed by atoms with E-state index in [1.54, 1.807) is 15.7 Å². The van der Waals surface area contributed by atoms with Crippen LogP contribution in [0.15, 0.2) is 18.3 Å². The Labute approximate surface area is 110 Å². The van der Waals surface area contributed by atoms with E-state index in [9.17, 15) is 4.79 Å². The number of amides is 1. The van der Waals surface area contributed by atoms with Crippen molar-refractivity contribution in [3.63, 3.8) is 0 Å². The lowest BCUT2D eigenvalue weighted by atomic mass is 10.4. The van der Waals surface area contributed by atoms with E-state index in [4.69, 9.17) is 12.2 Å². The Morgan fingerprint density at radius 3 is 2.89 bits per heavy atom. The molecule has 0 saturated carbocycles. The molecule has 0 bridgehead atoms. The monoisotopic (exact) mass is 264 g/mol. The van der Waals surface area contributed by atoms with Gasteiger partial charge in [0.25, 0.3) is 0 Å². The molecule has 2 heterocycles. The van der Waals surface area contributed by atoms with Crippen molar-refractivity contribution >= 4 is 29.3 Å². The SMILES string of the molecule is CCN(CC)C(=O)Cn1c(=S)[nH]c2cccnc21. The van der Waals surface area contributed by atoms with E-state index >= 15 is 0 Å². The van der Waals surface area contributed by atoms with Gasteiger partial charge in [-0.2, -0.15) is 0 Å². The van der Waals surface area contributed by atoms with E-state index in [0.29, 0.717) is 17.9 Å². The van der Waals surface area contributed by atoms with Crippen LogP contribution in [-0.2, 0) is 11.3 Å². The van der Waals surface area contributed by atoms with Crippen molar-refractivity contribution in [2.75, 3.05) is 13.1 Å². The molecule has 0 unspecified atom stereocenters. The third kappa shape index (κ3) is 2.28. The lowest BCUT2D eigenvalue weighted by molar-refractivity contribution is -0.131. The number of carbonyl (C=O) groups excluding carboxylic acids is 1. The summed E-state index contributed by atoms with van der Waals surface area (Å²) in [5.74, 6) is 0.0580. The zero-order valence-corrected chi connectivity index (χ0v) is 11.3. The quantitative estimate of drug-likeness (QED) is 0.859. The van der Waals surface area contributed by atoms with Crippen molar-refractivity contribution in [1.29, 1.82) is 0 Å². The summed E-state index contributed by atoms with van der Waals surface area (Å²) in [5.41, 5.74) is 1.58. The van der Waals surface area contributed by atoms with Gasteiger partial charge in [-0.15, -0.1) is 0 Å². The second-order valence-electron chi connectivity index (χ2n) is 3.96. The van der Waals surface area contributed by atoms with Gasteiger partial charge in [-0.25, -0.2) is 4.98 Å². The summed E-state index contributed by atoms with van der Waals surface area (Å²) in [5, 5.41) is 0. The fourth-order valence-corrected chi connectivity index (χ4v) is 2.21. The molecular weight excluding hydrogens is 248 g/mol. The molecule has 1 amide bonds. The van der Waals surface area contributed by atoms with E-state index in [1.807, 2.05) is 26.0 Å². The van der Waals surface area contributed by atoms with Gasteiger partial charge in [-0.3, -0.25) is 9.36 Å². The second kappa shape index (κ2) is 5.30. The standard InChI is InChI=1S/C12H16N4OS/c1-3-15(4-2)10(17)8-16-11-9(14-12(16)18)6-5-7-13-11/h5-7H,3-4,8H2,1-2H3,(H,14,18). The number of imidazole rings is 1. The average Bonchev–Trinajstić information content (AvgIpc) is 2.68. The molecule has 0 atom stereocenters. The maximum Gasteiger partial charge on any atom is 0.242 e. The van der Waals surface area contributed by atoms with Gasteiger partial charge in [0, 0.05) is 19.3 Å². The van der Waals surface area contributed by atoms with Crippen LogP contribution in [0.25, 0.3) is 11.2 Å². The number of nitrogens with zero attached hydrogens (tertiary/aromatic N) is 3. The van der Waals surface area contributed by atoms with Crippen molar-refractivity contribution in [3.8, 4) is 0 Å². The Hall–Kier alpha value is -1.69. The van der Waals surface area contributed by atoms with Crippen molar-refractivity contribution in [3.05, 3.63) is 23.1 Å². The summed E-state index contributed by atoms with van der Waals surface area (Å²) in [7, 11) is 0. The van der Waals surface area contributed by atoms with E-state index in [-0.39, 0.29) is 12.5 Å². The van der Waals surface area contributed by atoms with Crippen LogP contribution >= 0.6 is 12.2 Å². The highest BCUT2D eigenvalue weighted by Crippen LogP contribution is 2.10. The molecule has 5 nitrogen and oxygen atoms in total. The minimum Gasteiger partial charge on any atom is -0.342 e. The van der Waals surface area contributed by atoms with Crippen LogP contribution in [0.5, 0.6) is 0 Å². The number of hydrogen-bond donors (Lipinski definition) is 1. The van der Waals surface area contributed by atoms with Crippen molar-refractivity contribution < 1.29 is 4.79 Å². The predicted octanol–water partition coefficient (Wildman–Crippen LogP) is 1.96. The van der Waals surface area contributed by atoms with Gasteiger partial charge in [0.2, 0.25) is 5.91 Å². The number of H-pyrrole nitrogens is 1. The molecular formula is C12H16N4OS. The van der Waals surface area contributed by atoms with E-state index in [2.05, 4.69) is 9.97 Å². The lowest BCUT2D eigenvalue weighted by Gasteiger charge is -2.18. The number of aromatic amines is 1. The molecule has 18 heavy (non-hydrogen) atoms. The lowest BCUT2D eigenvalue weighted by Crippen LogP contribution is -2.33. The third-order valence-electron chi connectivity index (χ3n) is 2.94. The van der Waals surface area contributed by atoms with Crippen molar-refractivity contribution in [1.82, 2.24) is 19.4 Å². The molecule has 0 fully saturated rings. The molecule has 0 spiro atoms. The molecule has 0 radical (unpaired) electrons. The molecule has 0 aromatic carbocycles. The molecule has 0 aliphatic rings. The zero-order valence-electron chi connectivity index (χ0n) is 10.5. The molecule has 1 N–H and O–H groups in total. The number of nitrogens with one attached hydrogen (secondary N) is 1. The van der Waals surface area contributed by atoms with Crippen LogP contribution in [0.3, 0.4) is 0 Å². The second-order valence-corrected chi connectivity index (χ2v) is 4.34. The first-order chi connectivity index (χ1) is 8.67. The van der Waals surface area contributed by atoms with E-state index in [1.165, 1.54) is 0 Å². The van der Waals surface area contributed by atoms with Crippen molar-refractivity contribution in [2.45, 2.75) is 20.4 Å². The van der Waals surface area contributed by atoms with Gasteiger partial charge in [0.15, 0.2) is 10.4 Å². The summed E-state index contributed by atoms with van der Waals surface area (Å²) in [6.45, 7) is 5.58. The number of rotatable bonds is 4. The maximum atomic E-state index is 12.1. The van der Waals surface area contributed by atoms with Crippen LogP contribution in [0, 0.1) is 4.77 Å². The van der Waals surface area contributed by atoms with Crippen LogP contribution in [0.4, 0.5) is 0 Å².